The predicted octanol–water partition coefficient (Wildman–Crippen LogP) is 2.52. The second-order valence-electron chi connectivity index (χ2n) is 4.73. The molecule has 2 aromatic rings. The van der Waals surface area contributed by atoms with Crippen LogP contribution in [0.5, 0.6) is 0 Å². The van der Waals surface area contributed by atoms with Crippen LogP contribution in [-0.2, 0) is 19.9 Å². The molecule has 0 bridgehead atoms. The summed E-state index contributed by atoms with van der Waals surface area (Å²) >= 11 is 5.69. The Morgan fingerprint density at radius 3 is 2.85 bits per heavy atom. The van der Waals surface area contributed by atoms with E-state index >= 15 is 0 Å². The van der Waals surface area contributed by atoms with Crippen molar-refractivity contribution in [3.05, 3.63) is 52.1 Å². The standard InChI is InChI=1S/C14H18ClFN4/c1-3-13-10(8-20(2)19-13)14(18-17)7-9-4-5-11(15)12(16)6-9/h4-6,8,14,18H,3,7,17H2,1-2H3. The predicted molar refractivity (Wildman–Crippen MR) is 77.8 cm³/mol. The van der Waals surface area contributed by atoms with E-state index in [0.29, 0.717) is 6.42 Å². The average molecular weight is 297 g/mol. The lowest BCUT2D eigenvalue weighted by atomic mass is 9.99. The van der Waals surface area contributed by atoms with Gasteiger partial charge in [0.2, 0.25) is 0 Å². The van der Waals surface area contributed by atoms with E-state index in [0.717, 1.165) is 23.2 Å². The summed E-state index contributed by atoms with van der Waals surface area (Å²) < 4.78 is 15.3. The van der Waals surface area contributed by atoms with E-state index in [1.54, 1.807) is 16.8 Å². The third-order valence-electron chi connectivity index (χ3n) is 3.27. The molecule has 1 unspecified atom stereocenters. The summed E-state index contributed by atoms with van der Waals surface area (Å²) in [5.41, 5.74) is 5.64. The molecule has 2 rings (SSSR count). The molecule has 3 N–H and O–H groups in total. The molecule has 1 heterocycles. The summed E-state index contributed by atoms with van der Waals surface area (Å²) in [4.78, 5) is 0. The molecule has 0 saturated carbocycles. The molecule has 1 atom stereocenters. The van der Waals surface area contributed by atoms with Gasteiger partial charge in [-0.05, 0) is 30.5 Å². The van der Waals surface area contributed by atoms with Crippen LogP contribution in [0.2, 0.25) is 5.02 Å². The Balaban J connectivity index is 2.26. The van der Waals surface area contributed by atoms with Gasteiger partial charge < -0.3 is 0 Å². The quantitative estimate of drug-likeness (QED) is 0.658. The summed E-state index contributed by atoms with van der Waals surface area (Å²) in [6.45, 7) is 2.04. The third kappa shape index (κ3) is 3.17. The van der Waals surface area contributed by atoms with Gasteiger partial charge in [0, 0.05) is 18.8 Å². The number of hydrogen-bond donors (Lipinski definition) is 2. The first-order chi connectivity index (χ1) is 9.55. The maximum atomic E-state index is 13.5. The first-order valence-electron chi connectivity index (χ1n) is 6.47. The van der Waals surface area contributed by atoms with Crippen LogP contribution in [0.15, 0.2) is 24.4 Å². The van der Waals surface area contributed by atoms with Crippen molar-refractivity contribution in [1.29, 1.82) is 0 Å². The number of rotatable bonds is 5. The minimum Gasteiger partial charge on any atom is -0.275 e. The molecule has 20 heavy (non-hydrogen) atoms. The minimum atomic E-state index is -0.415. The Labute approximate surface area is 122 Å². The Morgan fingerprint density at radius 1 is 1.50 bits per heavy atom. The summed E-state index contributed by atoms with van der Waals surface area (Å²) in [6.07, 6.45) is 3.34. The Kier molecular flexibility index (Phi) is 4.75. The number of nitrogens with zero attached hydrogens (tertiary/aromatic N) is 2. The average Bonchev–Trinajstić information content (AvgIpc) is 2.81. The minimum absolute atomic E-state index is 0.112. The molecule has 0 aliphatic carbocycles. The molecule has 4 nitrogen and oxygen atoms in total. The van der Waals surface area contributed by atoms with Crippen molar-refractivity contribution in [3.63, 3.8) is 0 Å². The molecule has 1 aromatic heterocycles. The van der Waals surface area contributed by atoms with Crippen molar-refractivity contribution < 1.29 is 4.39 Å². The van der Waals surface area contributed by atoms with Gasteiger partial charge in [-0.1, -0.05) is 24.6 Å². The Hall–Kier alpha value is -1.43. The number of hydrogen-bond acceptors (Lipinski definition) is 3. The number of aryl methyl sites for hydroxylation is 2. The second kappa shape index (κ2) is 6.35. The highest BCUT2D eigenvalue weighted by Gasteiger charge is 2.17. The molecule has 0 amide bonds. The molecule has 0 saturated heterocycles. The van der Waals surface area contributed by atoms with Crippen molar-refractivity contribution >= 4 is 11.6 Å². The number of hydrazine groups is 1. The normalized spacial score (nSPS) is 12.7. The van der Waals surface area contributed by atoms with Crippen molar-refractivity contribution in [2.75, 3.05) is 0 Å². The molecule has 0 aliphatic rings. The molecular formula is C14H18ClFN4. The van der Waals surface area contributed by atoms with Gasteiger partial charge in [0.25, 0.3) is 0 Å². The van der Waals surface area contributed by atoms with Crippen molar-refractivity contribution in [2.24, 2.45) is 12.9 Å². The summed E-state index contributed by atoms with van der Waals surface area (Å²) in [5.74, 6) is 5.23. The molecule has 0 spiro atoms. The van der Waals surface area contributed by atoms with Crippen LogP contribution in [0.1, 0.15) is 29.8 Å². The number of nitrogens with two attached hydrogens (primary N) is 1. The topological polar surface area (TPSA) is 55.9 Å². The molecule has 6 heteroatoms. The molecule has 0 radical (unpaired) electrons. The molecule has 0 fully saturated rings. The smallest absolute Gasteiger partial charge is 0.142 e. The molecule has 0 aliphatic heterocycles. The fraction of sp³-hybridized carbons (Fsp3) is 0.357. The highest BCUT2D eigenvalue weighted by atomic mass is 35.5. The van der Waals surface area contributed by atoms with Gasteiger partial charge in [-0.3, -0.25) is 16.0 Å². The number of benzene rings is 1. The lowest BCUT2D eigenvalue weighted by Crippen LogP contribution is -2.30. The van der Waals surface area contributed by atoms with E-state index in [2.05, 4.69) is 10.5 Å². The number of nitrogens with one attached hydrogen (secondary N) is 1. The lowest BCUT2D eigenvalue weighted by molar-refractivity contribution is 0.544. The Morgan fingerprint density at radius 2 is 2.25 bits per heavy atom. The third-order valence-corrected chi connectivity index (χ3v) is 3.58. The van der Waals surface area contributed by atoms with Crippen LogP contribution >= 0.6 is 11.6 Å². The second-order valence-corrected chi connectivity index (χ2v) is 5.14. The summed E-state index contributed by atoms with van der Waals surface area (Å²) in [6, 6.07) is 4.69. The fourth-order valence-electron chi connectivity index (χ4n) is 2.28. The van der Waals surface area contributed by atoms with Crippen LogP contribution in [0.25, 0.3) is 0 Å². The first-order valence-corrected chi connectivity index (χ1v) is 6.85. The zero-order chi connectivity index (χ0) is 14.7. The van der Waals surface area contributed by atoms with Crippen molar-refractivity contribution in [3.8, 4) is 0 Å². The fourth-order valence-corrected chi connectivity index (χ4v) is 2.40. The SMILES string of the molecule is CCc1nn(C)cc1C(Cc1ccc(Cl)c(F)c1)NN. The maximum absolute atomic E-state index is 13.5. The van der Waals surface area contributed by atoms with Gasteiger partial charge in [-0.15, -0.1) is 0 Å². The highest BCUT2D eigenvalue weighted by molar-refractivity contribution is 6.30. The van der Waals surface area contributed by atoms with Gasteiger partial charge in [0.05, 0.1) is 16.8 Å². The Bertz CT molecular complexity index is 597. The lowest BCUT2D eigenvalue weighted by Gasteiger charge is -2.16. The van der Waals surface area contributed by atoms with Crippen LogP contribution in [-0.4, -0.2) is 9.78 Å². The van der Waals surface area contributed by atoms with E-state index in [9.17, 15) is 4.39 Å². The van der Waals surface area contributed by atoms with E-state index < -0.39 is 5.82 Å². The van der Waals surface area contributed by atoms with Gasteiger partial charge >= 0.3 is 0 Å². The maximum Gasteiger partial charge on any atom is 0.142 e. The summed E-state index contributed by atoms with van der Waals surface area (Å²) in [7, 11) is 1.87. The molecule has 108 valence electrons. The summed E-state index contributed by atoms with van der Waals surface area (Å²) in [5, 5.41) is 4.52. The zero-order valence-corrected chi connectivity index (χ0v) is 12.3. The van der Waals surface area contributed by atoms with Crippen LogP contribution in [0.3, 0.4) is 0 Å². The number of halogens is 2. The van der Waals surface area contributed by atoms with Gasteiger partial charge in [0.15, 0.2) is 0 Å². The highest BCUT2D eigenvalue weighted by Crippen LogP contribution is 2.23. The van der Waals surface area contributed by atoms with Crippen LogP contribution in [0, 0.1) is 5.82 Å². The monoisotopic (exact) mass is 296 g/mol. The van der Waals surface area contributed by atoms with E-state index in [1.165, 1.54) is 6.07 Å². The van der Waals surface area contributed by atoms with E-state index in [-0.39, 0.29) is 11.1 Å². The van der Waals surface area contributed by atoms with Crippen molar-refractivity contribution in [1.82, 2.24) is 15.2 Å². The largest absolute Gasteiger partial charge is 0.275 e. The van der Waals surface area contributed by atoms with E-state index in [1.807, 2.05) is 20.2 Å². The van der Waals surface area contributed by atoms with Gasteiger partial charge in [0.1, 0.15) is 5.82 Å². The van der Waals surface area contributed by atoms with Crippen LogP contribution in [0.4, 0.5) is 4.39 Å². The van der Waals surface area contributed by atoms with E-state index in [4.69, 9.17) is 17.4 Å². The van der Waals surface area contributed by atoms with Gasteiger partial charge in [-0.2, -0.15) is 5.10 Å². The molecular weight excluding hydrogens is 279 g/mol. The first kappa shape index (κ1) is 15.0. The molecule has 1 aromatic carbocycles. The van der Waals surface area contributed by atoms with Crippen LogP contribution < -0.4 is 11.3 Å². The van der Waals surface area contributed by atoms with Gasteiger partial charge in [-0.25, -0.2) is 4.39 Å². The zero-order valence-electron chi connectivity index (χ0n) is 11.5. The number of aromatic nitrogens is 2. The van der Waals surface area contributed by atoms with Crippen molar-refractivity contribution in [2.45, 2.75) is 25.8 Å².